The van der Waals surface area contributed by atoms with Gasteiger partial charge in [-0.1, -0.05) is 30.4 Å². The summed E-state index contributed by atoms with van der Waals surface area (Å²) in [7, 11) is 0. The topological polar surface area (TPSA) is 4.93 Å². The van der Waals surface area contributed by atoms with Crippen molar-refractivity contribution in [2.24, 2.45) is 0 Å². The quantitative estimate of drug-likeness (QED) is 0.604. The highest BCUT2D eigenvalue weighted by atomic mass is 32.1. The van der Waals surface area contributed by atoms with E-state index in [4.69, 9.17) is 0 Å². The van der Waals surface area contributed by atoms with E-state index in [9.17, 15) is 0 Å². The van der Waals surface area contributed by atoms with Gasteiger partial charge in [-0.3, -0.25) is 0 Å². The Balaban J connectivity index is 2.78. The van der Waals surface area contributed by atoms with Gasteiger partial charge >= 0.3 is 0 Å². The van der Waals surface area contributed by atoms with Crippen LogP contribution in [0.2, 0.25) is 0 Å². The zero-order valence-corrected chi connectivity index (χ0v) is 11.2. The minimum Gasteiger partial charge on any atom is -0.331 e. The first-order valence-electron chi connectivity index (χ1n) is 5.68. The lowest BCUT2D eigenvalue weighted by Gasteiger charge is -2.04. The Morgan fingerprint density at radius 2 is 2.12 bits per heavy atom. The van der Waals surface area contributed by atoms with Crippen LogP contribution in [0.5, 0.6) is 0 Å². The number of rotatable bonds is 3. The maximum atomic E-state index is 4.42. The normalized spacial score (nSPS) is 11.5. The van der Waals surface area contributed by atoms with Crippen molar-refractivity contribution in [3.8, 4) is 0 Å². The summed E-state index contributed by atoms with van der Waals surface area (Å²) in [6.07, 6.45) is 5.85. The molecule has 2 rings (SSSR count). The Hall–Kier alpha value is -1.41. The van der Waals surface area contributed by atoms with E-state index in [2.05, 4.69) is 61.9 Å². The lowest BCUT2D eigenvalue weighted by Crippen LogP contribution is -1.94. The van der Waals surface area contributed by atoms with Crippen molar-refractivity contribution in [2.45, 2.75) is 19.7 Å². The van der Waals surface area contributed by atoms with Crippen molar-refractivity contribution in [1.29, 1.82) is 0 Å². The van der Waals surface area contributed by atoms with Crippen LogP contribution in [-0.2, 0) is 5.88 Å². The molecule has 0 amide bonds. The molecule has 0 aliphatic carbocycles. The third-order valence-corrected chi connectivity index (χ3v) is 3.34. The SMILES string of the molecule is C=C/C=C\c1c(C)c2cc(C)ccc2n1CS. The van der Waals surface area contributed by atoms with Crippen molar-refractivity contribution >= 4 is 29.6 Å². The summed E-state index contributed by atoms with van der Waals surface area (Å²) in [6.45, 7) is 7.99. The van der Waals surface area contributed by atoms with Gasteiger partial charge in [0.2, 0.25) is 0 Å². The highest BCUT2D eigenvalue weighted by molar-refractivity contribution is 7.79. The maximum absolute atomic E-state index is 4.42. The van der Waals surface area contributed by atoms with Crippen LogP contribution in [0.15, 0.2) is 36.9 Å². The Kier molecular flexibility index (Phi) is 3.43. The average molecular weight is 243 g/mol. The van der Waals surface area contributed by atoms with Crippen molar-refractivity contribution in [2.75, 3.05) is 0 Å². The van der Waals surface area contributed by atoms with E-state index in [0.29, 0.717) is 5.88 Å². The van der Waals surface area contributed by atoms with E-state index >= 15 is 0 Å². The standard InChI is InChI=1S/C15H17NS/c1-4-5-6-14-12(3)13-9-11(2)7-8-15(13)16(14)10-17/h4-9,17H,1,10H2,2-3H3/b6-5-. The van der Waals surface area contributed by atoms with Gasteiger partial charge in [-0.15, -0.1) is 0 Å². The molecule has 0 fully saturated rings. The van der Waals surface area contributed by atoms with Crippen LogP contribution in [0.25, 0.3) is 17.0 Å². The summed E-state index contributed by atoms with van der Waals surface area (Å²) in [4.78, 5) is 0. The molecule has 2 aromatic rings. The van der Waals surface area contributed by atoms with Crippen LogP contribution < -0.4 is 0 Å². The molecule has 0 bridgehead atoms. The fraction of sp³-hybridized carbons (Fsp3) is 0.200. The largest absolute Gasteiger partial charge is 0.331 e. The van der Waals surface area contributed by atoms with Crippen LogP contribution in [0.4, 0.5) is 0 Å². The molecule has 1 aromatic carbocycles. The van der Waals surface area contributed by atoms with Gasteiger partial charge in [0.15, 0.2) is 0 Å². The summed E-state index contributed by atoms with van der Waals surface area (Å²) in [5.41, 5.74) is 5.04. The number of benzene rings is 1. The van der Waals surface area contributed by atoms with E-state index in [1.165, 1.54) is 27.7 Å². The maximum Gasteiger partial charge on any atom is 0.0659 e. The van der Waals surface area contributed by atoms with Gasteiger partial charge in [-0.25, -0.2) is 0 Å². The average Bonchev–Trinajstić information content (AvgIpc) is 2.59. The molecule has 1 aromatic heterocycles. The molecule has 0 atom stereocenters. The second-order valence-electron chi connectivity index (χ2n) is 4.20. The first-order chi connectivity index (χ1) is 8.19. The Morgan fingerprint density at radius 3 is 2.76 bits per heavy atom. The second kappa shape index (κ2) is 4.84. The molecule has 17 heavy (non-hydrogen) atoms. The van der Waals surface area contributed by atoms with Crippen molar-refractivity contribution in [1.82, 2.24) is 4.57 Å². The molecular formula is C15H17NS. The van der Waals surface area contributed by atoms with E-state index in [1.54, 1.807) is 6.08 Å². The third kappa shape index (κ3) is 2.05. The number of fused-ring (bicyclic) bond motifs is 1. The monoisotopic (exact) mass is 243 g/mol. The van der Waals surface area contributed by atoms with Gasteiger partial charge in [0, 0.05) is 16.6 Å². The molecule has 88 valence electrons. The van der Waals surface area contributed by atoms with E-state index in [-0.39, 0.29) is 0 Å². The lowest BCUT2D eigenvalue weighted by molar-refractivity contribution is 0.929. The lowest BCUT2D eigenvalue weighted by atomic mass is 10.1. The van der Waals surface area contributed by atoms with E-state index in [1.807, 2.05) is 6.08 Å². The Labute approximate surface area is 108 Å². The zero-order chi connectivity index (χ0) is 12.4. The predicted octanol–water partition coefficient (Wildman–Crippen LogP) is 4.34. The minimum absolute atomic E-state index is 0.685. The van der Waals surface area contributed by atoms with Gasteiger partial charge in [0.25, 0.3) is 0 Å². The predicted molar refractivity (Wildman–Crippen MR) is 79.6 cm³/mol. The second-order valence-corrected chi connectivity index (χ2v) is 4.48. The Morgan fingerprint density at radius 1 is 1.35 bits per heavy atom. The molecule has 1 nitrogen and oxygen atoms in total. The number of allylic oxidation sites excluding steroid dienone is 2. The number of aryl methyl sites for hydroxylation is 2. The molecular weight excluding hydrogens is 226 g/mol. The minimum atomic E-state index is 0.685. The Bertz CT molecular complexity index is 590. The molecule has 0 aliphatic heterocycles. The summed E-state index contributed by atoms with van der Waals surface area (Å²) in [5, 5.41) is 1.31. The van der Waals surface area contributed by atoms with Crippen LogP contribution in [0.1, 0.15) is 16.8 Å². The summed E-state index contributed by atoms with van der Waals surface area (Å²) >= 11 is 4.42. The van der Waals surface area contributed by atoms with Gasteiger partial charge in [0.05, 0.1) is 5.88 Å². The van der Waals surface area contributed by atoms with Crippen molar-refractivity contribution in [3.63, 3.8) is 0 Å². The highest BCUT2D eigenvalue weighted by Crippen LogP contribution is 2.28. The van der Waals surface area contributed by atoms with Gasteiger partial charge < -0.3 is 4.57 Å². The first kappa shape index (κ1) is 12.1. The van der Waals surface area contributed by atoms with Crippen molar-refractivity contribution < 1.29 is 0 Å². The fourth-order valence-corrected chi connectivity index (χ4v) is 2.49. The zero-order valence-electron chi connectivity index (χ0n) is 10.3. The van der Waals surface area contributed by atoms with E-state index in [0.717, 1.165) is 0 Å². The van der Waals surface area contributed by atoms with Crippen LogP contribution in [0.3, 0.4) is 0 Å². The van der Waals surface area contributed by atoms with E-state index < -0.39 is 0 Å². The third-order valence-electron chi connectivity index (χ3n) is 3.05. The van der Waals surface area contributed by atoms with Crippen LogP contribution >= 0.6 is 12.6 Å². The number of hydrogen-bond donors (Lipinski definition) is 1. The fourth-order valence-electron chi connectivity index (χ4n) is 2.18. The van der Waals surface area contributed by atoms with Crippen LogP contribution in [-0.4, -0.2) is 4.57 Å². The summed E-state index contributed by atoms with van der Waals surface area (Å²) < 4.78 is 2.22. The number of nitrogens with zero attached hydrogens (tertiary/aromatic N) is 1. The molecule has 2 heteroatoms. The highest BCUT2D eigenvalue weighted by Gasteiger charge is 2.10. The molecule has 0 unspecified atom stereocenters. The molecule has 0 saturated heterocycles. The molecule has 0 aliphatic rings. The molecule has 0 N–H and O–H groups in total. The number of aromatic nitrogens is 1. The van der Waals surface area contributed by atoms with Crippen molar-refractivity contribution in [3.05, 3.63) is 53.8 Å². The van der Waals surface area contributed by atoms with Gasteiger partial charge in [-0.2, -0.15) is 12.6 Å². The number of thiol groups is 1. The summed E-state index contributed by atoms with van der Waals surface area (Å²) in [5.74, 6) is 0.685. The molecule has 0 radical (unpaired) electrons. The smallest absolute Gasteiger partial charge is 0.0659 e. The summed E-state index contributed by atoms with van der Waals surface area (Å²) in [6, 6.07) is 6.54. The van der Waals surface area contributed by atoms with Crippen LogP contribution in [0, 0.1) is 13.8 Å². The molecule has 1 heterocycles. The van der Waals surface area contributed by atoms with Gasteiger partial charge in [0.1, 0.15) is 0 Å². The van der Waals surface area contributed by atoms with Gasteiger partial charge in [-0.05, 0) is 37.6 Å². The molecule has 0 spiro atoms. The molecule has 0 saturated carbocycles. The number of hydrogen-bond acceptors (Lipinski definition) is 1. The first-order valence-corrected chi connectivity index (χ1v) is 6.31.